The predicted molar refractivity (Wildman–Crippen MR) is 84.0 cm³/mol. The zero-order valence-corrected chi connectivity index (χ0v) is 13.1. The van der Waals surface area contributed by atoms with Crippen molar-refractivity contribution in [1.82, 2.24) is 10.9 Å². The fourth-order valence-electron chi connectivity index (χ4n) is 1.97. The summed E-state index contributed by atoms with van der Waals surface area (Å²) in [6.07, 6.45) is 0. The van der Waals surface area contributed by atoms with Crippen molar-refractivity contribution in [3.63, 3.8) is 0 Å². The molecule has 2 N–H and O–H groups in total. The van der Waals surface area contributed by atoms with Gasteiger partial charge in [0.05, 0.1) is 15.6 Å². The molecule has 118 valence electrons. The maximum absolute atomic E-state index is 12.1. The number of hydrogen-bond donors (Lipinski definition) is 2. The number of benzene rings is 2. The summed E-state index contributed by atoms with van der Waals surface area (Å²) in [6, 6.07) is 9.34. The quantitative estimate of drug-likeness (QED) is 0.814. The van der Waals surface area contributed by atoms with Gasteiger partial charge in [-0.3, -0.25) is 20.4 Å². The standard InChI is InChI=1S/C15H10Cl2N2O4/c16-10-3-1-2-9(13(10)17)15(21)19-18-14(20)8-4-5-11-12(6-8)23-7-22-11/h1-6H,7H2,(H,18,20)(H,19,21). The van der Waals surface area contributed by atoms with Gasteiger partial charge in [-0.15, -0.1) is 0 Å². The van der Waals surface area contributed by atoms with Gasteiger partial charge in [-0.2, -0.15) is 0 Å². The summed E-state index contributed by atoms with van der Waals surface area (Å²) in [4.78, 5) is 24.1. The van der Waals surface area contributed by atoms with Crippen LogP contribution in [0.1, 0.15) is 20.7 Å². The van der Waals surface area contributed by atoms with E-state index < -0.39 is 11.8 Å². The summed E-state index contributed by atoms with van der Waals surface area (Å²) >= 11 is 11.8. The highest BCUT2D eigenvalue weighted by Gasteiger charge is 2.17. The van der Waals surface area contributed by atoms with Crippen LogP contribution in [-0.2, 0) is 0 Å². The molecule has 8 heteroatoms. The van der Waals surface area contributed by atoms with E-state index in [9.17, 15) is 9.59 Å². The van der Waals surface area contributed by atoms with Crippen LogP contribution in [0.5, 0.6) is 11.5 Å². The Morgan fingerprint density at radius 1 is 0.957 bits per heavy atom. The zero-order valence-electron chi connectivity index (χ0n) is 11.6. The van der Waals surface area contributed by atoms with Crippen LogP contribution in [0, 0.1) is 0 Å². The first-order chi connectivity index (χ1) is 11.1. The Morgan fingerprint density at radius 2 is 1.70 bits per heavy atom. The van der Waals surface area contributed by atoms with Crippen LogP contribution in [0.25, 0.3) is 0 Å². The number of nitrogens with one attached hydrogen (secondary N) is 2. The molecule has 23 heavy (non-hydrogen) atoms. The molecule has 2 aromatic carbocycles. The van der Waals surface area contributed by atoms with Crippen molar-refractivity contribution in [2.75, 3.05) is 6.79 Å². The number of halogens is 2. The predicted octanol–water partition coefficient (Wildman–Crippen LogP) is 2.80. The van der Waals surface area contributed by atoms with Crippen LogP contribution in [-0.4, -0.2) is 18.6 Å². The molecule has 1 aliphatic rings. The number of ether oxygens (including phenoxy) is 2. The molecule has 0 saturated carbocycles. The van der Waals surface area contributed by atoms with Gasteiger partial charge in [-0.1, -0.05) is 29.3 Å². The largest absolute Gasteiger partial charge is 0.454 e. The van der Waals surface area contributed by atoms with Crippen molar-refractivity contribution >= 4 is 35.0 Å². The van der Waals surface area contributed by atoms with Crippen LogP contribution in [0.2, 0.25) is 10.0 Å². The van der Waals surface area contributed by atoms with Crippen LogP contribution in [0.15, 0.2) is 36.4 Å². The molecule has 0 atom stereocenters. The zero-order chi connectivity index (χ0) is 16.4. The van der Waals surface area contributed by atoms with E-state index in [2.05, 4.69) is 10.9 Å². The highest BCUT2D eigenvalue weighted by atomic mass is 35.5. The topological polar surface area (TPSA) is 76.7 Å². The van der Waals surface area contributed by atoms with Gasteiger partial charge in [0.25, 0.3) is 11.8 Å². The maximum Gasteiger partial charge on any atom is 0.271 e. The first kappa shape index (κ1) is 15.5. The Kier molecular flexibility index (Phi) is 4.27. The number of amides is 2. The Balaban J connectivity index is 1.67. The minimum Gasteiger partial charge on any atom is -0.454 e. The Labute approximate surface area is 141 Å². The average molecular weight is 353 g/mol. The van der Waals surface area contributed by atoms with E-state index in [-0.39, 0.29) is 22.4 Å². The monoisotopic (exact) mass is 352 g/mol. The molecule has 6 nitrogen and oxygen atoms in total. The van der Waals surface area contributed by atoms with Crippen molar-refractivity contribution < 1.29 is 19.1 Å². The molecule has 0 fully saturated rings. The summed E-state index contributed by atoms with van der Waals surface area (Å²) in [5.41, 5.74) is 5.05. The molecular formula is C15H10Cl2N2O4. The van der Waals surface area contributed by atoms with Gasteiger partial charge in [-0.05, 0) is 30.3 Å². The molecule has 0 radical (unpaired) electrons. The molecule has 3 rings (SSSR count). The number of hydrogen-bond acceptors (Lipinski definition) is 4. The fraction of sp³-hybridized carbons (Fsp3) is 0.0667. The number of carbonyl (C=O) groups excluding carboxylic acids is 2. The van der Waals surface area contributed by atoms with Gasteiger partial charge in [0.1, 0.15) is 0 Å². The number of carbonyl (C=O) groups is 2. The average Bonchev–Trinajstić information content (AvgIpc) is 3.02. The number of hydrazine groups is 1. The van der Waals surface area contributed by atoms with Crippen LogP contribution in [0.4, 0.5) is 0 Å². The molecule has 0 unspecified atom stereocenters. The lowest BCUT2D eigenvalue weighted by Gasteiger charge is -2.09. The summed E-state index contributed by atoms with van der Waals surface area (Å²) in [7, 11) is 0. The molecule has 2 aromatic rings. The second kappa shape index (κ2) is 6.36. The highest BCUT2D eigenvalue weighted by molar-refractivity contribution is 6.43. The van der Waals surface area contributed by atoms with Gasteiger partial charge in [-0.25, -0.2) is 0 Å². The van der Waals surface area contributed by atoms with Crippen molar-refractivity contribution in [2.45, 2.75) is 0 Å². The Morgan fingerprint density at radius 3 is 2.52 bits per heavy atom. The SMILES string of the molecule is O=C(NNC(=O)c1cccc(Cl)c1Cl)c1ccc2c(c1)OCO2. The Bertz CT molecular complexity index is 795. The summed E-state index contributed by atoms with van der Waals surface area (Å²) in [5, 5.41) is 0.366. The highest BCUT2D eigenvalue weighted by Crippen LogP contribution is 2.32. The Hall–Kier alpha value is -2.44. The summed E-state index contributed by atoms with van der Waals surface area (Å²) < 4.78 is 10.4. The van der Waals surface area contributed by atoms with Crippen molar-refractivity contribution in [3.05, 3.63) is 57.6 Å². The number of fused-ring (bicyclic) bond motifs is 1. The smallest absolute Gasteiger partial charge is 0.271 e. The minimum absolute atomic E-state index is 0.115. The van der Waals surface area contributed by atoms with Gasteiger partial charge >= 0.3 is 0 Å². The normalized spacial score (nSPS) is 11.9. The molecule has 0 saturated heterocycles. The summed E-state index contributed by atoms with van der Waals surface area (Å²) in [6.45, 7) is 0.115. The third-order valence-corrected chi connectivity index (χ3v) is 3.94. The molecule has 0 aromatic heterocycles. The second-order valence-electron chi connectivity index (χ2n) is 4.58. The second-order valence-corrected chi connectivity index (χ2v) is 5.36. The van der Waals surface area contributed by atoms with E-state index in [0.29, 0.717) is 17.1 Å². The van der Waals surface area contributed by atoms with Gasteiger partial charge in [0.15, 0.2) is 11.5 Å². The number of rotatable bonds is 2. The van der Waals surface area contributed by atoms with Crippen molar-refractivity contribution in [2.24, 2.45) is 0 Å². The van der Waals surface area contributed by atoms with Crippen LogP contribution in [0.3, 0.4) is 0 Å². The molecule has 1 aliphatic heterocycles. The third-order valence-electron chi connectivity index (χ3n) is 3.12. The molecule has 0 spiro atoms. The maximum atomic E-state index is 12.1. The van der Waals surface area contributed by atoms with E-state index in [4.69, 9.17) is 32.7 Å². The van der Waals surface area contributed by atoms with Gasteiger partial charge in [0.2, 0.25) is 6.79 Å². The molecule has 0 aliphatic carbocycles. The first-order valence-corrected chi connectivity index (χ1v) is 7.26. The van der Waals surface area contributed by atoms with E-state index in [1.54, 1.807) is 24.3 Å². The molecular weight excluding hydrogens is 343 g/mol. The molecule has 2 amide bonds. The minimum atomic E-state index is -0.577. The first-order valence-electron chi connectivity index (χ1n) is 6.50. The lowest BCUT2D eigenvalue weighted by Crippen LogP contribution is -2.41. The van der Waals surface area contributed by atoms with Crippen LogP contribution < -0.4 is 20.3 Å². The van der Waals surface area contributed by atoms with E-state index in [1.165, 1.54) is 12.1 Å². The van der Waals surface area contributed by atoms with Crippen molar-refractivity contribution in [1.29, 1.82) is 0 Å². The van der Waals surface area contributed by atoms with Crippen molar-refractivity contribution in [3.8, 4) is 11.5 Å². The van der Waals surface area contributed by atoms with E-state index >= 15 is 0 Å². The lowest BCUT2D eigenvalue weighted by molar-refractivity contribution is 0.0846. The van der Waals surface area contributed by atoms with Crippen LogP contribution >= 0.6 is 23.2 Å². The van der Waals surface area contributed by atoms with Gasteiger partial charge in [0, 0.05) is 5.56 Å². The third kappa shape index (κ3) is 3.18. The van der Waals surface area contributed by atoms with E-state index in [1.807, 2.05) is 0 Å². The summed E-state index contributed by atoms with van der Waals surface area (Å²) in [5.74, 6) is -0.0421. The fourth-order valence-corrected chi connectivity index (χ4v) is 2.36. The van der Waals surface area contributed by atoms with E-state index in [0.717, 1.165) is 0 Å². The van der Waals surface area contributed by atoms with Gasteiger partial charge < -0.3 is 9.47 Å². The lowest BCUT2D eigenvalue weighted by atomic mass is 10.2. The molecule has 1 heterocycles. The molecule has 0 bridgehead atoms.